The monoisotopic (exact) mass is 239 g/mol. The Bertz CT molecular complexity index is 707. The Morgan fingerprint density at radius 2 is 2.33 bits per heavy atom. The van der Waals surface area contributed by atoms with Crippen molar-refractivity contribution in [2.24, 2.45) is 0 Å². The number of nitrogens with one attached hydrogen (secondary N) is 1. The van der Waals surface area contributed by atoms with Crippen molar-refractivity contribution in [2.75, 3.05) is 0 Å². The van der Waals surface area contributed by atoms with Gasteiger partial charge in [0.15, 0.2) is 0 Å². The molecule has 3 heterocycles. The fourth-order valence-corrected chi connectivity index (χ4v) is 1.94. The SMILES string of the molecule is C=Cc1ncnc2cc(-c3cnn(CC)c3)[nH]c12. The maximum atomic E-state index is 4.26. The molecule has 0 spiro atoms. The van der Waals surface area contributed by atoms with Gasteiger partial charge in [-0.2, -0.15) is 5.10 Å². The summed E-state index contributed by atoms with van der Waals surface area (Å²) in [5.41, 5.74) is 4.65. The second-order valence-electron chi connectivity index (χ2n) is 3.99. The summed E-state index contributed by atoms with van der Waals surface area (Å²) in [4.78, 5) is 11.7. The lowest BCUT2D eigenvalue weighted by molar-refractivity contribution is 0.660. The van der Waals surface area contributed by atoms with Gasteiger partial charge in [-0.15, -0.1) is 0 Å². The minimum Gasteiger partial charge on any atom is -0.351 e. The van der Waals surface area contributed by atoms with Gasteiger partial charge in [0.05, 0.1) is 28.6 Å². The highest BCUT2D eigenvalue weighted by molar-refractivity contribution is 5.87. The van der Waals surface area contributed by atoms with Crippen LogP contribution in [0.5, 0.6) is 0 Å². The molecule has 3 aromatic rings. The number of H-pyrrole nitrogens is 1. The first-order valence-electron chi connectivity index (χ1n) is 5.80. The van der Waals surface area contributed by atoms with Crippen molar-refractivity contribution in [2.45, 2.75) is 13.5 Å². The molecule has 0 saturated heterocycles. The van der Waals surface area contributed by atoms with Gasteiger partial charge < -0.3 is 4.98 Å². The molecule has 0 radical (unpaired) electrons. The van der Waals surface area contributed by atoms with Gasteiger partial charge in [0.1, 0.15) is 6.33 Å². The van der Waals surface area contributed by atoms with E-state index in [1.165, 1.54) is 0 Å². The van der Waals surface area contributed by atoms with Crippen LogP contribution in [0.2, 0.25) is 0 Å². The van der Waals surface area contributed by atoms with E-state index >= 15 is 0 Å². The molecule has 0 atom stereocenters. The first-order valence-corrected chi connectivity index (χ1v) is 5.80. The molecule has 3 rings (SSSR count). The summed E-state index contributed by atoms with van der Waals surface area (Å²) in [6.45, 7) is 6.67. The Labute approximate surface area is 104 Å². The van der Waals surface area contributed by atoms with Crippen molar-refractivity contribution >= 4 is 17.1 Å². The Morgan fingerprint density at radius 3 is 3.06 bits per heavy atom. The van der Waals surface area contributed by atoms with Crippen LogP contribution in [0.3, 0.4) is 0 Å². The van der Waals surface area contributed by atoms with Crippen LogP contribution in [0.1, 0.15) is 12.6 Å². The van der Waals surface area contributed by atoms with Crippen molar-refractivity contribution in [3.05, 3.63) is 37.1 Å². The average Bonchev–Trinajstić information content (AvgIpc) is 3.03. The number of nitrogens with zero attached hydrogens (tertiary/aromatic N) is 4. The number of aryl methyl sites for hydroxylation is 1. The zero-order chi connectivity index (χ0) is 12.5. The molecule has 90 valence electrons. The van der Waals surface area contributed by atoms with Crippen LogP contribution in [0.15, 0.2) is 31.4 Å². The molecule has 0 aliphatic rings. The lowest BCUT2D eigenvalue weighted by atomic mass is 10.2. The fourth-order valence-electron chi connectivity index (χ4n) is 1.94. The molecule has 0 fully saturated rings. The maximum absolute atomic E-state index is 4.26. The van der Waals surface area contributed by atoms with E-state index in [0.29, 0.717) is 0 Å². The molecular weight excluding hydrogens is 226 g/mol. The number of hydrogen-bond donors (Lipinski definition) is 1. The molecule has 0 amide bonds. The summed E-state index contributed by atoms with van der Waals surface area (Å²) in [6, 6.07) is 2.00. The summed E-state index contributed by atoms with van der Waals surface area (Å²) in [7, 11) is 0. The van der Waals surface area contributed by atoms with E-state index in [0.717, 1.165) is 34.5 Å². The minimum absolute atomic E-state index is 0.814. The van der Waals surface area contributed by atoms with E-state index in [1.54, 1.807) is 12.4 Å². The van der Waals surface area contributed by atoms with Gasteiger partial charge in [-0.05, 0) is 19.1 Å². The van der Waals surface area contributed by atoms with E-state index in [-0.39, 0.29) is 0 Å². The standard InChI is InChI=1S/C13H13N5/c1-3-10-13-12(15-8-14-10)5-11(17-13)9-6-16-18(4-2)7-9/h3,5-8,17H,1,4H2,2H3. The summed E-state index contributed by atoms with van der Waals surface area (Å²) in [5.74, 6) is 0. The molecule has 0 aliphatic heterocycles. The quantitative estimate of drug-likeness (QED) is 0.763. The summed E-state index contributed by atoms with van der Waals surface area (Å²) in [5, 5.41) is 4.26. The van der Waals surface area contributed by atoms with Crippen molar-refractivity contribution in [1.82, 2.24) is 24.7 Å². The number of hydrogen-bond acceptors (Lipinski definition) is 3. The summed E-state index contributed by atoms with van der Waals surface area (Å²) < 4.78 is 1.89. The number of fused-ring (bicyclic) bond motifs is 1. The van der Waals surface area contributed by atoms with Gasteiger partial charge in [-0.25, -0.2) is 9.97 Å². The predicted molar refractivity (Wildman–Crippen MR) is 70.9 cm³/mol. The zero-order valence-electron chi connectivity index (χ0n) is 10.1. The van der Waals surface area contributed by atoms with Crippen LogP contribution < -0.4 is 0 Å². The van der Waals surface area contributed by atoms with Crippen LogP contribution in [0.4, 0.5) is 0 Å². The molecule has 0 aromatic carbocycles. The van der Waals surface area contributed by atoms with Gasteiger partial charge in [0.2, 0.25) is 0 Å². The van der Waals surface area contributed by atoms with Crippen LogP contribution in [0.25, 0.3) is 28.4 Å². The molecule has 0 saturated carbocycles. The first-order chi connectivity index (χ1) is 8.81. The molecule has 5 nitrogen and oxygen atoms in total. The summed E-state index contributed by atoms with van der Waals surface area (Å²) >= 11 is 0. The van der Waals surface area contributed by atoms with Crippen LogP contribution in [-0.2, 0) is 6.54 Å². The highest BCUT2D eigenvalue weighted by Crippen LogP contribution is 2.23. The summed E-state index contributed by atoms with van der Waals surface area (Å²) in [6.07, 6.45) is 7.12. The Kier molecular flexibility index (Phi) is 2.44. The van der Waals surface area contributed by atoms with E-state index in [9.17, 15) is 0 Å². The van der Waals surface area contributed by atoms with Gasteiger partial charge in [0.25, 0.3) is 0 Å². The third-order valence-electron chi connectivity index (χ3n) is 2.91. The van der Waals surface area contributed by atoms with Gasteiger partial charge >= 0.3 is 0 Å². The average molecular weight is 239 g/mol. The molecule has 5 heteroatoms. The van der Waals surface area contributed by atoms with Gasteiger partial charge in [-0.1, -0.05) is 6.58 Å². The normalized spacial score (nSPS) is 10.9. The highest BCUT2D eigenvalue weighted by atomic mass is 15.3. The molecule has 18 heavy (non-hydrogen) atoms. The number of aromatic amines is 1. The maximum Gasteiger partial charge on any atom is 0.116 e. The second kappa shape index (κ2) is 4.10. The minimum atomic E-state index is 0.814. The molecule has 3 aromatic heterocycles. The molecular formula is C13H13N5. The largest absolute Gasteiger partial charge is 0.351 e. The second-order valence-corrected chi connectivity index (χ2v) is 3.99. The topological polar surface area (TPSA) is 59.4 Å². The smallest absolute Gasteiger partial charge is 0.116 e. The lowest BCUT2D eigenvalue weighted by Gasteiger charge is -1.93. The predicted octanol–water partition coefficient (Wildman–Crippen LogP) is 2.48. The third-order valence-corrected chi connectivity index (χ3v) is 2.91. The number of aromatic nitrogens is 5. The molecule has 0 unspecified atom stereocenters. The van der Waals surface area contributed by atoms with Crippen LogP contribution in [0, 0.1) is 0 Å². The Hall–Kier alpha value is -2.43. The zero-order valence-corrected chi connectivity index (χ0v) is 10.1. The molecule has 0 aliphatic carbocycles. The van der Waals surface area contributed by atoms with Gasteiger partial charge in [-0.3, -0.25) is 4.68 Å². The van der Waals surface area contributed by atoms with Crippen LogP contribution in [-0.4, -0.2) is 24.7 Å². The molecule has 0 bridgehead atoms. The number of rotatable bonds is 3. The first kappa shape index (κ1) is 10.7. The molecule has 1 N–H and O–H groups in total. The van der Waals surface area contributed by atoms with E-state index in [1.807, 2.05) is 23.1 Å². The Morgan fingerprint density at radius 1 is 1.44 bits per heavy atom. The van der Waals surface area contributed by atoms with Crippen LogP contribution >= 0.6 is 0 Å². The van der Waals surface area contributed by atoms with Crippen molar-refractivity contribution in [3.8, 4) is 11.3 Å². The van der Waals surface area contributed by atoms with E-state index in [2.05, 4.69) is 33.6 Å². The highest BCUT2D eigenvalue weighted by Gasteiger charge is 2.08. The Balaban J connectivity index is 2.15. The van der Waals surface area contributed by atoms with E-state index in [4.69, 9.17) is 0 Å². The van der Waals surface area contributed by atoms with Gasteiger partial charge in [0, 0.05) is 18.3 Å². The third kappa shape index (κ3) is 1.60. The van der Waals surface area contributed by atoms with Crippen molar-refractivity contribution < 1.29 is 0 Å². The van der Waals surface area contributed by atoms with Crippen molar-refractivity contribution in [1.29, 1.82) is 0 Å². The van der Waals surface area contributed by atoms with Crippen molar-refractivity contribution in [3.63, 3.8) is 0 Å². The fraction of sp³-hybridized carbons (Fsp3) is 0.154. The lowest BCUT2D eigenvalue weighted by Crippen LogP contribution is -1.91. The van der Waals surface area contributed by atoms with E-state index < -0.39 is 0 Å².